The number of fused-ring (bicyclic) bond motifs is 1. The summed E-state index contributed by atoms with van der Waals surface area (Å²) >= 11 is 1.88. The van der Waals surface area contributed by atoms with Gasteiger partial charge in [-0.05, 0) is 18.4 Å². The lowest BCUT2D eigenvalue weighted by atomic mass is 10.4. The van der Waals surface area contributed by atoms with Gasteiger partial charge in [-0.1, -0.05) is 13.0 Å². The summed E-state index contributed by atoms with van der Waals surface area (Å²) in [4.78, 5) is 4.35. The van der Waals surface area contributed by atoms with E-state index in [1.165, 1.54) is 5.69 Å². The van der Waals surface area contributed by atoms with Crippen LogP contribution >= 0.6 is 11.8 Å². The molecule has 0 saturated heterocycles. The van der Waals surface area contributed by atoms with Crippen molar-refractivity contribution in [1.29, 1.82) is 0 Å². The van der Waals surface area contributed by atoms with Crippen LogP contribution in [0.3, 0.4) is 0 Å². The van der Waals surface area contributed by atoms with E-state index in [1.54, 1.807) is 0 Å². The van der Waals surface area contributed by atoms with E-state index >= 15 is 0 Å². The van der Waals surface area contributed by atoms with Crippen molar-refractivity contribution >= 4 is 17.4 Å². The molecule has 0 aromatic carbocycles. The number of nitrogens with one attached hydrogen (secondary N) is 1. The van der Waals surface area contributed by atoms with E-state index < -0.39 is 0 Å². The molecule has 2 aromatic rings. The van der Waals surface area contributed by atoms with E-state index in [9.17, 15) is 0 Å². The number of thioether (sulfide) groups is 1. The van der Waals surface area contributed by atoms with Crippen molar-refractivity contribution < 1.29 is 0 Å². The van der Waals surface area contributed by atoms with E-state index in [0.29, 0.717) is 5.25 Å². The first-order chi connectivity index (χ1) is 7.81. The molecule has 4 heteroatoms. The molecule has 3 nitrogen and oxygen atoms in total. The molecular formula is C12H17N3S. The maximum Gasteiger partial charge on any atom is 0.136 e. The number of hydrogen-bond acceptors (Lipinski definition) is 3. The molecule has 2 heterocycles. The highest BCUT2D eigenvalue weighted by Gasteiger charge is 2.03. The maximum absolute atomic E-state index is 4.35. The number of pyridine rings is 1. The summed E-state index contributed by atoms with van der Waals surface area (Å²) in [6.45, 7) is 4.13. The zero-order valence-electron chi connectivity index (χ0n) is 9.68. The highest BCUT2D eigenvalue weighted by atomic mass is 32.2. The Morgan fingerprint density at radius 1 is 1.50 bits per heavy atom. The number of imidazole rings is 1. The zero-order chi connectivity index (χ0) is 11.4. The third kappa shape index (κ3) is 2.57. The molecule has 2 aromatic heterocycles. The Hall–Kier alpha value is -1.00. The molecule has 1 unspecified atom stereocenters. The molecule has 0 radical (unpaired) electrons. The third-order valence-electron chi connectivity index (χ3n) is 2.63. The lowest BCUT2D eigenvalue weighted by molar-refractivity contribution is 0.669. The molecule has 86 valence electrons. The number of nitrogens with zero attached hydrogens (tertiary/aromatic N) is 2. The Balaban J connectivity index is 1.99. The summed E-state index contributed by atoms with van der Waals surface area (Å²) in [6.07, 6.45) is 6.13. The van der Waals surface area contributed by atoms with Gasteiger partial charge in [0.15, 0.2) is 0 Å². The minimum Gasteiger partial charge on any atom is -0.310 e. The first-order valence-corrected chi connectivity index (χ1v) is 6.74. The Bertz CT molecular complexity index is 452. The fourth-order valence-corrected chi connectivity index (χ4v) is 1.89. The van der Waals surface area contributed by atoms with Crippen molar-refractivity contribution in [3.8, 4) is 0 Å². The van der Waals surface area contributed by atoms with Gasteiger partial charge in [-0.2, -0.15) is 11.8 Å². The zero-order valence-corrected chi connectivity index (χ0v) is 10.5. The monoisotopic (exact) mass is 235 g/mol. The van der Waals surface area contributed by atoms with Gasteiger partial charge in [-0.25, -0.2) is 4.98 Å². The van der Waals surface area contributed by atoms with Gasteiger partial charge in [-0.3, -0.25) is 0 Å². The van der Waals surface area contributed by atoms with Gasteiger partial charge in [0.05, 0.1) is 11.9 Å². The van der Waals surface area contributed by atoms with Crippen LogP contribution in [0.1, 0.15) is 12.6 Å². The van der Waals surface area contributed by atoms with Gasteiger partial charge >= 0.3 is 0 Å². The molecule has 0 aliphatic carbocycles. The van der Waals surface area contributed by atoms with E-state index in [1.807, 2.05) is 36.2 Å². The van der Waals surface area contributed by atoms with Crippen molar-refractivity contribution in [3.63, 3.8) is 0 Å². The SMILES string of the molecule is CSC(C)CNCc1cnc2ccccn12. The van der Waals surface area contributed by atoms with Gasteiger partial charge in [-0.15, -0.1) is 0 Å². The molecule has 0 saturated carbocycles. The van der Waals surface area contributed by atoms with Crippen molar-refractivity contribution in [2.45, 2.75) is 18.7 Å². The van der Waals surface area contributed by atoms with Gasteiger partial charge in [0.25, 0.3) is 0 Å². The average Bonchev–Trinajstić information content (AvgIpc) is 2.73. The Morgan fingerprint density at radius 2 is 2.38 bits per heavy atom. The molecule has 0 bridgehead atoms. The predicted molar refractivity (Wildman–Crippen MR) is 69.9 cm³/mol. The molecule has 1 N–H and O–H groups in total. The molecule has 2 rings (SSSR count). The van der Waals surface area contributed by atoms with Crippen LogP contribution in [0.25, 0.3) is 5.65 Å². The summed E-state index contributed by atoms with van der Waals surface area (Å²) < 4.78 is 2.12. The van der Waals surface area contributed by atoms with E-state index in [4.69, 9.17) is 0 Å². The van der Waals surface area contributed by atoms with Crippen molar-refractivity contribution in [1.82, 2.24) is 14.7 Å². The second-order valence-electron chi connectivity index (χ2n) is 3.86. The van der Waals surface area contributed by atoms with E-state index in [2.05, 4.69) is 34.1 Å². The highest BCUT2D eigenvalue weighted by Crippen LogP contribution is 2.06. The summed E-state index contributed by atoms with van der Waals surface area (Å²) in [7, 11) is 0. The summed E-state index contributed by atoms with van der Waals surface area (Å²) in [6, 6.07) is 6.06. The van der Waals surface area contributed by atoms with Crippen LogP contribution in [0.4, 0.5) is 0 Å². The Kier molecular flexibility index (Phi) is 3.85. The van der Waals surface area contributed by atoms with Crippen LogP contribution in [0.15, 0.2) is 30.6 Å². The Morgan fingerprint density at radius 3 is 3.19 bits per heavy atom. The third-order valence-corrected chi connectivity index (χ3v) is 3.61. The largest absolute Gasteiger partial charge is 0.310 e. The van der Waals surface area contributed by atoms with Crippen LogP contribution in [0, 0.1) is 0 Å². The minimum absolute atomic E-state index is 0.652. The normalized spacial score (nSPS) is 13.1. The lowest BCUT2D eigenvalue weighted by Crippen LogP contribution is -2.22. The van der Waals surface area contributed by atoms with Crippen molar-refractivity contribution in [2.75, 3.05) is 12.8 Å². The van der Waals surface area contributed by atoms with Crippen LogP contribution in [-0.4, -0.2) is 27.4 Å². The number of aromatic nitrogens is 2. The van der Waals surface area contributed by atoms with Gasteiger partial charge in [0.1, 0.15) is 5.65 Å². The van der Waals surface area contributed by atoms with Gasteiger partial charge in [0, 0.05) is 24.5 Å². The fourth-order valence-electron chi connectivity index (χ4n) is 1.60. The summed E-state index contributed by atoms with van der Waals surface area (Å²) in [5.41, 5.74) is 2.22. The Labute approximate surface area is 100 Å². The lowest BCUT2D eigenvalue weighted by Gasteiger charge is -2.09. The summed E-state index contributed by atoms with van der Waals surface area (Å²) in [5.74, 6) is 0. The van der Waals surface area contributed by atoms with Gasteiger partial charge in [0.2, 0.25) is 0 Å². The highest BCUT2D eigenvalue weighted by molar-refractivity contribution is 7.99. The van der Waals surface area contributed by atoms with Crippen LogP contribution in [0.2, 0.25) is 0 Å². The van der Waals surface area contributed by atoms with Gasteiger partial charge < -0.3 is 9.72 Å². The molecule has 0 spiro atoms. The molecule has 0 aliphatic rings. The second-order valence-corrected chi connectivity index (χ2v) is 5.13. The van der Waals surface area contributed by atoms with Crippen LogP contribution in [-0.2, 0) is 6.54 Å². The first kappa shape index (κ1) is 11.5. The van der Waals surface area contributed by atoms with Crippen LogP contribution in [0.5, 0.6) is 0 Å². The quantitative estimate of drug-likeness (QED) is 0.861. The molecule has 16 heavy (non-hydrogen) atoms. The molecule has 0 aliphatic heterocycles. The fraction of sp³-hybridized carbons (Fsp3) is 0.417. The standard InChI is InChI=1S/C12H17N3S/c1-10(16-2)7-13-8-11-9-14-12-5-3-4-6-15(11)12/h3-6,9-10,13H,7-8H2,1-2H3. The predicted octanol–water partition coefficient (Wildman–Crippen LogP) is 2.18. The number of rotatable bonds is 5. The molecule has 0 fully saturated rings. The smallest absolute Gasteiger partial charge is 0.136 e. The summed E-state index contributed by atoms with van der Waals surface area (Å²) in [5, 5.41) is 4.10. The first-order valence-electron chi connectivity index (χ1n) is 5.45. The molecular weight excluding hydrogens is 218 g/mol. The van der Waals surface area contributed by atoms with E-state index in [-0.39, 0.29) is 0 Å². The maximum atomic E-state index is 4.35. The molecule has 1 atom stereocenters. The van der Waals surface area contributed by atoms with Crippen molar-refractivity contribution in [2.24, 2.45) is 0 Å². The second kappa shape index (κ2) is 5.37. The minimum atomic E-state index is 0.652. The van der Waals surface area contributed by atoms with Crippen molar-refractivity contribution in [3.05, 3.63) is 36.3 Å². The van der Waals surface area contributed by atoms with Crippen LogP contribution < -0.4 is 5.32 Å². The molecule has 0 amide bonds. The number of hydrogen-bond donors (Lipinski definition) is 1. The average molecular weight is 235 g/mol. The topological polar surface area (TPSA) is 29.3 Å². The van der Waals surface area contributed by atoms with E-state index in [0.717, 1.165) is 18.7 Å².